The summed E-state index contributed by atoms with van der Waals surface area (Å²) in [5.41, 5.74) is 1.49. The molecule has 19 heavy (non-hydrogen) atoms. The van der Waals surface area contributed by atoms with E-state index in [1.54, 1.807) is 12.1 Å². The van der Waals surface area contributed by atoms with Crippen molar-refractivity contribution in [3.05, 3.63) is 58.0 Å². The zero-order chi connectivity index (χ0) is 13.7. The Bertz CT molecular complexity index is 575. The molecule has 0 saturated carbocycles. The maximum atomic E-state index is 11.8. The third-order valence-electron chi connectivity index (χ3n) is 2.43. The molecule has 0 fully saturated rings. The van der Waals surface area contributed by atoms with Crippen LogP contribution in [0.3, 0.4) is 0 Å². The zero-order valence-electron chi connectivity index (χ0n) is 9.99. The molecule has 5 heteroatoms. The average molecular weight is 340 g/mol. The van der Waals surface area contributed by atoms with Crippen LogP contribution in [0.2, 0.25) is 5.02 Å². The van der Waals surface area contributed by atoms with Crippen molar-refractivity contribution < 1.29 is 4.79 Å². The number of hydrogen-bond donors (Lipinski definition) is 2. The van der Waals surface area contributed by atoms with Crippen LogP contribution in [0.5, 0.6) is 0 Å². The Kier molecular flexibility index (Phi) is 4.82. The van der Waals surface area contributed by atoms with Crippen molar-refractivity contribution in [3.63, 3.8) is 0 Å². The summed E-state index contributed by atoms with van der Waals surface area (Å²) in [6, 6.07) is 14.9. The van der Waals surface area contributed by atoms with Gasteiger partial charge in [0.2, 0.25) is 5.91 Å². The highest BCUT2D eigenvalue weighted by molar-refractivity contribution is 9.10. The maximum absolute atomic E-state index is 11.8. The first kappa shape index (κ1) is 13.9. The summed E-state index contributed by atoms with van der Waals surface area (Å²) in [4.78, 5) is 11.8. The molecule has 0 radical (unpaired) electrons. The SMILES string of the molecule is O=C(CNc1ccccc1)Nc1cc(Br)ccc1Cl. The van der Waals surface area contributed by atoms with Crippen LogP contribution in [-0.4, -0.2) is 12.5 Å². The van der Waals surface area contributed by atoms with Gasteiger partial charge in [-0.05, 0) is 30.3 Å². The number of anilines is 2. The highest BCUT2D eigenvalue weighted by atomic mass is 79.9. The number of amides is 1. The number of carbonyl (C=O) groups excluding carboxylic acids is 1. The Hall–Kier alpha value is -1.52. The summed E-state index contributed by atoms with van der Waals surface area (Å²) >= 11 is 9.34. The largest absolute Gasteiger partial charge is 0.376 e. The lowest BCUT2D eigenvalue weighted by Gasteiger charge is -2.09. The fraction of sp³-hybridized carbons (Fsp3) is 0.0714. The lowest BCUT2D eigenvalue weighted by Crippen LogP contribution is -2.21. The van der Waals surface area contributed by atoms with Gasteiger partial charge in [-0.15, -0.1) is 0 Å². The molecular weight excluding hydrogens is 328 g/mol. The minimum atomic E-state index is -0.149. The molecule has 0 aromatic heterocycles. The third kappa shape index (κ3) is 4.26. The van der Waals surface area contributed by atoms with E-state index in [0.29, 0.717) is 10.7 Å². The predicted octanol–water partition coefficient (Wildman–Crippen LogP) is 4.15. The second kappa shape index (κ2) is 6.59. The fourth-order valence-corrected chi connectivity index (χ4v) is 2.05. The summed E-state index contributed by atoms with van der Waals surface area (Å²) in [7, 11) is 0. The van der Waals surface area contributed by atoms with Crippen LogP contribution >= 0.6 is 27.5 Å². The zero-order valence-corrected chi connectivity index (χ0v) is 12.3. The van der Waals surface area contributed by atoms with Crippen molar-refractivity contribution in [1.82, 2.24) is 0 Å². The average Bonchev–Trinajstić information content (AvgIpc) is 2.42. The Morgan fingerprint density at radius 3 is 2.63 bits per heavy atom. The van der Waals surface area contributed by atoms with Gasteiger partial charge in [-0.25, -0.2) is 0 Å². The predicted molar refractivity (Wildman–Crippen MR) is 82.7 cm³/mol. The Morgan fingerprint density at radius 2 is 1.89 bits per heavy atom. The summed E-state index contributed by atoms with van der Waals surface area (Å²) in [5.74, 6) is -0.149. The number of hydrogen-bond acceptors (Lipinski definition) is 2. The molecule has 2 N–H and O–H groups in total. The van der Waals surface area contributed by atoms with Crippen LogP contribution in [-0.2, 0) is 4.79 Å². The number of rotatable bonds is 4. The molecule has 1 amide bonds. The third-order valence-corrected chi connectivity index (χ3v) is 3.25. The lowest BCUT2D eigenvalue weighted by atomic mass is 10.3. The van der Waals surface area contributed by atoms with Gasteiger partial charge in [-0.1, -0.05) is 45.7 Å². The van der Waals surface area contributed by atoms with E-state index < -0.39 is 0 Å². The number of benzene rings is 2. The van der Waals surface area contributed by atoms with E-state index in [9.17, 15) is 4.79 Å². The van der Waals surface area contributed by atoms with Crippen LogP contribution in [0.25, 0.3) is 0 Å². The smallest absolute Gasteiger partial charge is 0.243 e. The van der Waals surface area contributed by atoms with E-state index in [-0.39, 0.29) is 12.5 Å². The number of carbonyl (C=O) groups is 1. The summed E-state index contributed by atoms with van der Waals surface area (Å²) in [6.45, 7) is 0.187. The molecule has 2 aromatic carbocycles. The first-order valence-corrected chi connectivity index (χ1v) is 6.86. The van der Waals surface area contributed by atoms with E-state index in [2.05, 4.69) is 26.6 Å². The minimum absolute atomic E-state index is 0.149. The molecule has 2 rings (SSSR count). The van der Waals surface area contributed by atoms with Crippen molar-refractivity contribution >= 4 is 44.8 Å². The fourth-order valence-electron chi connectivity index (χ4n) is 1.53. The van der Waals surface area contributed by atoms with E-state index in [0.717, 1.165) is 10.2 Å². The number of nitrogens with one attached hydrogen (secondary N) is 2. The van der Waals surface area contributed by atoms with E-state index in [1.165, 1.54) is 0 Å². The van der Waals surface area contributed by atoms with Crippen LogP contribution in [0.4, 0.5) is 11.4 Å². The molecule has 0 aliphatic carbocycles. The van der Waals surface area contributed by atoms with Crippen LogP contribution in [0.15, 0.2) is 53.0 Å². The van der Waals surface area contributed by atoms with Crippen molar-refractivity contribution in [2.24, 2.45) is 0 Å². The van der Waals surface area contributed by atoms with E-state index in [4.69, 9.17) is 11.6 Å². The van der Waals surface area contributed by atoms with Gasteiger partial charge in [0.1, 0.15) is 0 Å². The number of para-hydroxylation sites is 1. The molecule has 0 atom stereocenters. The first-order valence-electron chi connectivity index (χ1n) is 5.69. The molecule has 0 unspecified atom stereocenters. The second-order valence-electron chi connectivity index (χ2n) is 3.89. The first-order chi connectivity index (χ1) is 9.15. The van der Waals surface area contributed by atoms with Gasteiger partial charge in [0, 0.05) is 10.2 Å². The molecule has 98 valence electrons. The summed E-state index contributed by atoms with van der Waals surface area (Å²) < 4.78 is 0.864. The summed E-state index contributed by atoms with van der Waals surface area (Å²) in [5, 5.41) is 6.30. The number of halogens is 2. The molecule has 0 aliphatic rings. The maximum Gasteiger partial charge on any atom is 0.243 e. The molecule has 0 aliphatic heterocycles. The Morgan fingerprint density at radius 1 is 1.16 bits per heavy atom. The van der Waals surface area contributed by atoms with Gasteiger partial charge in [-0.2, -0.15) is 0 Å². The normalized spacial score (nSPS) is 10.0. The Labute approximate surface area is 125 Å². The van der Waals surface area contributed by atoms with Gasteiger partial charge >= 0.3 is 0 Å². The quantitative estimate of drug-likeness (QED) is 0.878. The minimum Gasteiger partial charge on any atom is -0.376 e. The monoisotopic (exact) mass is 338 g/mol. The molecule has 0 saturated heterocycles. The van der Waals surface area contributed by atoms with Gasteiger partial charge in [0.15, 0.2) is 0 Å². The molecule has 0 spiro atoms. The van der Waals surface area contributed by atoms with Gasteiger partial charge in [-0.3, -0.25) is 4.79 Å². The van der Waals surface area contributed by atoms with Crippen molar-refractivity contribution in [3.8, 4) is 0 Å². The van der Waals surface area contributed by atoms with E-state index in [1.807, 2.05) is 36.4 Å². The van der Waals surface area contributed by atoms with E-state index >= 15 is 0 Å². The molecule has 0 bridgehead atoms. The highest BCUT2D eigenvalue weighted by Crippen LogP contribution is 2.25. The lowest BCUT2D eigenvalue weighted by molar-refractivity contribution is -0.114. The molecule has 2 aromatic rings. The van der Waals surface area contributed by atoms with Crippen molar-refractivity contribution in [2.45, 2.75) is 0 Å². The summed E-state index contributed by atoms with van der Waals surface area (Å²) in [6.07, 6.45) is 0. The molecular formula is C14H12BrClN2O. The second-order valence-corrected chi connectivity index (χ2v) is 5.21. The topological polar surface area (TPSA) is 41.1 Å². The van der Waals surface area contributed by atoms with Gasteiger partial charge in [0.25, 0.3) is 0 Å². The van der Waals surface area contributed by atoms with Crippen molar-refractivity contribution in [1.29, 1.82) is 0 Å². The van der Waals surface area contributed by atoms with Crippen LogP contribution in [0, 0.1) is 0 Å². The highest BCUT2D eigenvalue weighted by Gasteiger charge is 2.06. The van der Waals surface area contributed by atoms with Gasteiger partial charge < -0.3 is 10.6 Å². The molecule has 0 heterocycles. The van der Waals surface area contributed by atoms with Crippen LogP contribution < -0.4 is 10.6 Å². The standard InChI is InChI=1S/C14H12BrClN2O/c15-10-6-7-12(16)13(8-10)18-14(19)9-17-11-4-2-1-3-5-11/h1-8,17H,9H2,(H,18,19). The van der Waals surface area contributed by atoms with Crippen LogP contribution in [0.1, 0.15) is 0 Å². The van der Waals surface area contributed by atoms with Gasteiger partial charge in [0.05, 0.1) is 17.3 Å². The Balaban J connectivity index is 1.93. The van der Waals surface area contributed by atoms with Crippen molar-refractivity contribution in [2.75, 3.05) is 17.2 Å². The molecule has 3 nitrogen and oxygen atoms in total.